The molecule has 2 fully saturated rings. The fourth-order valence-corrected chi connectivity index (χ4v) is 3.84. The van der Waals surface area contributed by atoms with Gasteiger partial charge >= 0.3 is 0 Å². The minimum absolute atomic E-state index is 0.0525. The Balaban J connectivity index is 1.32. The maximum absolute atomic E-state index is 12.8. The van der Waals surface area contributed by atoms with Crippen LogP contribution in [0.4, 0.5) is 0 Å². The van der Waals surface area contributed by atoms with Gasteiger partial charge in [-0.1, -0.05) is 0 Å². The van der Waals surface area contributed by atoms with Crippen LogP contribution in [0.1, 0.15) is 36.6 Å². The standard InChI is InChI=1S/C18H22N6O2/c25-16-9-15(11-24(16)10-13-1-5-19-6-2-13)18(26)23-7-3-14(4-8-23)17-20-12-21-22-17/h1-2,5-6,12,14-15H,3-4,7-11H2,(H,20,21,22)/t15-/m1/s1. The molecular weight excluding hydrogens is 332 g/mol. The quantitative estimate of drug-likeness (QED) is 0.882. The highest BCUT2D eigenvalue weighted by Gasteiger charge is 2.37. The van der Waals surface area contributed by atoms with Crippen LogP contribution in [0.5, 0.6) is 0 Å². The van der Waals surface area contributed by atoms with E-state index in [2.05, 4.69) is 20.2 Å². The molecule has 4 heterocycles. The van der Waals surface area contributed by atoms with Gasteiger partial charge in [0.15, 0.2) is 0 Å². The lowest BCUT2D eigenvalue weighted by atomic mass is 9.95. The predicted molar refractivity (Wildman–Crippen MR) is 92.7 cm³/mol. The van der Waals surface area contributed by atoms with Crippen LogP contribution in [0.2, 0.25) is 0 Å². The molecule has 2 amide bonds. The van der Waals surface area contributed by atoms with Crippen molar-refractivity contribution < 1.29 is 9.59 Å². The molecule has 0 bridgehead atoms. The average molecular weight is 354 g/mol. The molecule has 2 aliphatic heterocycles. The van der Waals surface area contributed by atoms with E-state index in [1.165, 1.54) is 6.33 Å². The van der Waals surface area contributed by atoms with E-state index in [1.807, 2.05) is 17.0 Å². The molecule has 2 aromatic rings. The van der Waals surface area contributed by atoms with E-state index in [0.717, 1.165) is 24.2 Å². The lowest BCUT2D eigenvalue weighted by Crippen LogP contribution is -2.42. The number of hydrogen-bond acceptors (Lipinski definition) is 5. The van der Waals surface area contributed by atoms with Gasteiger partial charge in [-0.15, -0.1) is 0 Å². The van der Waals surface area contributed by atoms with Gasteiger partial charge in [-0.2, -0.15) is 5.10 Å². The van der Waals surface area contributed by atoms with Gasteiger partial charge in [0, 0.05) is 50.9 Å². The number of H-pyrrole nitrogens is 1. The number of likely N-dealkylation sites (tertiary alicyclic amines) is 2. The van der Waals surface area contributed by atoms with Gasteiger partial charge < -0.3 is 9.80 Å². The number of aromatic amines is 1. The first-order valence-electron chi connectivity index (χ1n) is 9.01. The number of nitrogens with one attached hydrogen (secondary N) is 1. The minimum Gasteiger partial charge on any atom is -0.342 e. The monoisotopic (exact) mass is 354 g/mol. The van der Waals surface area contributed by atoms with Gasteiger partial charge in [0.25, 0.3) is 0 Å². The van der Waals surface area contributed by atoms with Gasteiger partial charge in [0.05, 0.1) is 5.92 Å². The number of pyridine rings is 1. The van der Waals surface area contributed by atoms with Gasteiger partial charge in [-0.25, -0.2) is 4.98 Å². The van der Waals surface area contributed by atoms with Crippen LogP contribution >= 0.6 is 0 Å². The van der Waals surface area contributed by atoms with Crippen molar-refractivity contribution in [3.05, 3.63) is 42.2 Å². The van der Waals surface area contributed by atoms with Crippen LogP contribution in [0, 0.1) is 5.92 Å². The third kappa shape index (κ3) is 3.44. The summed E-state index contributed by atoms with van der Waals surface area (Å²) in [6, 6.07) is 3.80. The topological polar surface area (TPSA) is 95.1 Å². The zero-order valence-electron chi connectivity index (χ0n) is 14.5. The van der Waals surface area contributed by atoms with Crippen molar-refractivity contribution in [3.8, 4) is 0 Å². The molecule has 2 aromatic heterocycles. The molecule has 8 heteroatoms. The maximum atomic E-state index is 12.8. The van der Waals surface area contributed by atoms with E-state index in [1.54, 1.807) is 17.3 Å². The van der Waals surface area contributed by atoms with E-state index in [-0.39, 0.29) is 17.7 Å². The molecule has 0 unspecified atom stereocenters. The summed E-state index contributed by atoms with van der Waals surface area (Å²) in [6.07, 6.45) is 7.03. The second-order valence-electron chi connectivity index (χ2n) is 7.00. The van der Waals surface area contributed by atoms with Gasteiger partial charge in [-0.3, -0.25) is 19.7 Å². The van der Waals surface area contributed by atoms with E-state index in [0.29, 0.717) is 38.5 Å². The highest BCUT2D eigenvalue weighted by molar-refractivity contribution is 5.89. The molecule has 0 aliphatic carbocycles. The van der Waals surface area contributed by atoms with E-state index < -0.39 is 0 Å². The minimum atomic E-state index is -0.230. The number of amides is 2. The number of piperidine rings is 1. The lowest BCUT2D eigenvalue weighted by molar-refractivity contribution is -0.136. The van der Waals surface area contributed by atoms with Crippen molar-refractivity contribution in [1.29, 1.82) is 0 Å². The molecule has 1 atom stereocenters. The highest BCUT2D eigenvalue weighted by Crippen LogP contribution is 2.28. The van der Waals surface area contributed by atoms with E-state index in [9.17, 15) is 9.59 Å². The molecule has 4 rings (SSSR count). The molecule has 26 heavy (non-hydrogen) atoms. The molecule has 1 N–H and O–H groups in total. The predicted octanol–water partition coefficient (Wildman–Crippen LogP) is 0.954. The van der Waals surface area contributed by atoms with Crippen molar-refractivity contribution >= 4 is 11.8 Å². The average Bonchev–Trinajstić information content (AvgIpc) is 3.33. The second kappa shape index (κ2) is 7.23. The molecule has 8 nitrogen and oxygen atoms in total. The summed E-state index contributed by atoms with van der Waals surface area (Å²) in [5.41, 5.74) is 1.04. The van der Waals surface area contributed by atoms with Crippen LogP contribution in [0.25, 0.3) is 0 Å². The first-order valence-corrected chi connectivity index (χ1v) is 9.01. The molecule has 0 aromatic carbocycles. The maximum Gasteiger partial charge on any atom is 0.227 e. The fraction of sp³-hybridized carbons (Fsp3) is 0.500. The van der Waals surface area contributed by atoms with Crippen LogP contribution in [0.3, 0.4) is 0 Å². The largest absolute Gasteiger partial charge is 0.342 e. The Kier molecular flexibility index (Phi) is 4.64. The van der Waals surface area contributed by atoms with Crippen LogP contribution in [0.15, 0.2) is 30.9 Å². The number of hydrogen-bond donors (Lipinski definition) is 1. The normalized spacial score (nSPS) is 21.4. The first-order chi connectivity index (χ1) is 12.7. The molecule has 0 radical (unpaired) electrons. The van der Waals surface area contributed by atoms with E-state index in [4.69, 9.17) is 0 Å². The summed E-state index contributed by atoms with van der Waals surface area (Å²) >= 11 is 0. The molecule has 2 saturated heterocycles. The third-order valence-electron chi connectivity index (χ3n) is 5.31. The van der Waals surface area contributed by atoms with Gasteiger partial charge in [0.1, 0.15) is 12.2 Å². The summed E-state index contributed by atoms with van der Waals surface area (Å²) in [5, 5.41) is 6.82. The molecular formula is C18H22N6O2. The molecule has 2 aliphatic rings. The van der Waals surface area contributed by atoms with Crippen molar-refractivity contribution in [3.63, 3.8) is 0 Å². The SMILES string of the molecule is O=C1C[C@@H](C(=O)N2CCC(c3ncn[nH]3)CC2)CN1Cc1ccncc1. The summed E-state index contributed by atoms with van der Waals surface area (Å²) in [6.45, 7) is 2.46. The van der Waals surface area contributed by atoms with Crippen molar-refractivity contribution in [2.75, 3.05) is 19.6 Å². The Morgan fingerprint density at radius 3 is 2.69 bits per heavy atom. The van der Waals surface area contributed by atoms with Crippen molar-refractivity contribution in [2.45, 2.75) is 31.7 Å². The number of nitrogens with zero attached hydrogens (tertiary/aromatic N) is 5. The lowest BCUT2D eigenvalue weighted by Gasteiger charge is -2.32. The molecule has 0 spiro atoms. The molecule has 0 saturated carbocycles. The summed E-state index contributed by atoms with van der Waals surface area (Å²) in [4.78, 5) is 37.0. The summed E-state index contributed by atoms with van der Waals surface area (Å²) < 4.78 is 0. The number of carbonyl (C=O) groups excluding carboxylic acids is 2. The third-order valence-corrected chi connectivity index (χ3v) is 5.31. The van der Waals surface area contributed by atoms with Crippen molar-refractivity contribution in [1.82, 2.24) is 30.0 Å². The van der Waals surface area contributed by atoms with Crippen LogP contribution in [-0.4, -0.2) is 61.4 Å². The Morgan fingerprint density at radius 2 is 2.00 bits per heavy atom. The number of rotatable bonds is 4. The zero-order valence-corrected chi connectivity index (χ0v) is 14.5. The number of carbonyl (C=O) groups is 2. The Hall–Kier alpha value is -2.77. The number of aromatic nitrogens is 4. The zero-order chi connectivity index (χ0) is 17.9. The summed E-state index contributed by atoms with van der Waals surface area (Å²) in [7, 11) is 0. The fourth-order valence-electron chi connectivity index (χ4n) is 3.84. The summed E-state index contributed by atoms with van der Waals surface area (Å²) in [5.74, 6) is 1.15. The molecule has 136 valence electrons. The highest BCUT2D eigenvalue weighted by atomic mass is 16.2. The van der Waals surface area contributed by atoms with Crippen LogP contribution < -0.4 is 0 Å². The first kappa shape index (κ1) is 16.7. The Morgan fingerprint density at radius 1 is 1.23 bits per heavy atom. The second-order valence-corrected chi connectivity index (χ2v) is 7.00. The van der Waals surface area contributed by atoms with Crippen molar-refractivity contribution in [2.24, 2.45) is 5.92 Å². The van der Waals surface area contributed by atoms with Gasteiger partial charge in [-0.05, 0) is 30.5 Å². The van der Waals surface area contributed by atoms with E-state index >= 15 is 0 Å². The Bertz CT molecular complexity index is 755. The smallest absolute Gasteiger partial charge is 0.227 e. The Labute approximate surface area is 151 Å². The van der Waals surface area contributed by atoms with Crippen LogP contribution in [-0.2, 0) is 16.1 Å². The van der Waals surface area contributed by atoms with Gasteiger partial charge in [0.2, 0.25) is 11.8 Å².